The molecule has 110 valence electrons. The lowest BCUT2D eigenvalue weighted by Crippen LogP contribution is -2.08. The molecule has 0 aliphatic rings. The van der Waals surface area contributed by atoms with E-state index in [0.29, 0.717) is 29.8 Å². The van der Waals surface area contributed by atoms with Crippen LogP contribution in [0.2, 0.25) is 0 Å². The number of imidazole rings is 1. The number of aromatic nitrogens is 2. The van der Waals surface area contributed by atoms with Crippen molar-refractivity contribution in [1.82, 2.24) is 9.55 Å². The maximum Gasteiger partial charge on any atom is 0.389 e. The summed E-state index contributed by atoms with van der Waals surface area (Å²) in [5.41, 5.74) is 1.16. The highest BCUT2D eigenvalue weighted by Crippen LogP contribution is 2.24. The van der Waals surface area contributed by atoms with E-state index in [1.165, 1.54) is 12.1 Å². The zero-order valence-electron chi connectivity index (χ0n) is 10.6. The van der Waals surface area contributed by atoms with Gasteiger partial charge >= 0.3 is 6.18 Å². The maximum absolute atomic E-state index is 13.1. The van der Waals surface area contributed by atoms with Crippen LogP contribution in [-0.2, 0) is 12.4 Å². The second kappa shape index (κ2) is 5.99. The first-order chi connectivity index (χ1) is 9.40. The highest BCUT2D eigenvalue weighted by molar-refractivity contribution is 6.16. The third kappa shape index (κ3) is 3.62. The predicted octanol–water partition coefficient (Wildman–Crippen LogP) is 4.65. The van der Waals surface area contributed by atoms with Gasteiger partial charge in [0.25, 0.3) is 0 Å². The normalized spacial score (nSPS) is 12.2. The molecule has 0 bridgehead atoms. The van der Waals surface area contributed by atoms with Gasteiger partial charge in [-0.05, 0) is 25.0 Å². The summed E-state index contributed by atoms with van der Waals surface area (Å²) in [7, 11) is 0. The van der Waals surface area contributed by atoms with Crippen LogP contribution in [0.1, 0.15) is 25.1 Å². The molecule has 1 heterocycles. The fourth-order valence-corrected chi connectivity index (χ4v) is 2.30. The number of aryl methyl sites for hydroxylation is 1. The third-order valence-electron chi connectivity index (χ3n) is 3.00. The number of unbranched alkanes of at least 4 members (excludes halogenated alkanes) is 1. The van der Waals surface area contributed by atoms with Crippen molar-refractivity contribution >= 4 is 22.6 Å². The van der Waals surface area contributed by atoms with Crippen LogP contribution in [0.3, 0.4) is 0 Å². The Morgan fingerprint density at radius 3 is 2.60 bits per heavy atom. The third-order valence-corrected chi connectivity index (χ3v) is 3.24. The van der Waals surface area contributed by atoms with Crippen LogP contribution < -0.4 is 0 Å². The fourth-order valence-electron chi connectivity index (χ4n) is 2.10. The number of alkyl halides is 4. The number of halogens is 5. The summed E-state index contributed by atoms with van der Waals surface area (Å²) in [6.45, 7) is 0.389. The van der Waals surface area contributed by atoms with Crippen LogP contribution in [0.15, 0.2) is 18.2 Å². The van der Waals surface area contributed by atoms with Gasteiger partial charge in [0, 0.05) is 19.0 Å². The summed E-state index contributed by atoms with van der Waals surface area (Å²) in [6.07, 6.45) is -4.52. The van der Waals surface area contributed by atoms with Crippen molar-refractivity contribution in [2.24, 2.45) is 0 Å². The Morgan fingerprint density at radius 2 is 1.95 bits per heavy atom. The quantitative estimate of drug-likeness (QED) is 0.447. The van der Waals surface area contributed by atoms with E-state index in [9.17, 15) is 17.6 Å². The lowest BCUT2D eigenvalue weighted by molar-refractivity contribution is -0.135. The van der Waals surface area contributed by atoms with Gasteiger partial charge in [0.2, 0.25) is 0 Å². The van der Waals surface area contributed by atoms with Crippen molar-refractivity contribution in [2.45, 2.75) is 37.9 Å². The molecule has 0 amide bonds. The van der Waals surface area contributed by atoms with Gasteiger partial charge in [0.05, 0.1) is 16.9 Å². The Balaban J connectivity index is 2.12. The SMILES string of the molecule is Fc1ccc2c(c1)nc(CCl)n2CCCCC(F)(F)F. The van der Waals surface area contributed by atoms with E-state index in [-0.39, 0.29) is 12.3 Å². The number of nitrogens with zero attached hydrogens (tertiary/aromatic N) is 2. The lowest BCUT2D eigenvalue weighted by atomic mass is 10.2. The van der Waals surface area contributed by atoms with Crippen molar-refractivity contribution < 1.29 is 17.6 Å². The average molecular weight is 309 g/mol. The van der Waals surface area contributed by atoms with E-state index < -0.39 is 18.4 Å². The van der Waals surface area contributed by atoms with Crippen LogP contribution in [0.5, 0.6) is 0 Å². The molecule has 0 fully saturated rings. The molecule has 0 saturated carbocycles. The van der Waals surface area contributed by atoms with E-state index in [2.05, 4.69) is 4.98 Å². The predicted molar refractivity (Wildman–Crippen MR) is 69.2 cm³/mol. The van der Waals surface area contributed by atoms with Gasteiger partial charge in [-0.2, -0.15) is 13.2 Å². The van der Waals surface area contributed by atoms with Crippen molar-refractivity contribution in [1.29, 1.82) is 0 Å². The first-order valence-corrected chi connectivity index (χ1v) is 6.71. The number of fused-ring (bicyclic) bond motifs is 1. The van der Waals surface area contributed by atoms with Gasteiger partial charge in [-0.25, -0.2) is 9.37 Å². The minimum Gasteiger partial charge on any atom is -0.327 e. The number of benzene rings is 1. The molecule has 0 aliphatic heterocycles. The van der Waals surface area contributed by atoms with Crippen molar-refractivity contribution in [3.8, 4) is 0 Å². The summed E-state index contributed by atoms with van der Waals surface area (Å²) in [5, 5.41) is 0. The molecule has 20 heavy (non-hydrogen) atoms. The highest BCUT2D eigenvalue weighted by atomic mass is 35.5. The molecule has 0 radical (unpaired) electrons. The van der Waals surface area contributed by atoms with E-state index in [1.807, 2.05) is 0 Å². The molecule has 7 heteroatoms. The topological polar surface area (TPSA) is 17.8 Å². The average Bonchev–Trinajstić information content (AvgIpc) is 2.70. The molecule has 0 spiro atoms. The zero-order chi connectivity index (χ0) is 14.8. The Hall–Kier alpha value is -1.30. The van der Waals surface area contributed by atoms with Crippen LogP contribution >= 0.6 is 11.6 Å². The molecule has 2 nitrogen and oxygen atoms in total. The van der Waals surface area contributed by atoms with Crippen LogP contribution in [-0.4, -0.2) is 15.7 Å². The molecule has 0 unspecified atom stereocenters. The summed E-state index contributed by atoms with van der Waals surface area (Å²) in [6, 6.07) is 4.16. The molecule has 2 aromatic rings. The first kappa shape index (κ1) is 15.1. The van der Waals surface area contributed by atoms with Gasteiger partial charge in [0.15, 0.2) is 0 Å². The van der Waals surface area contributed by atoms with Crippen molar-refractivity contribution in [3.05, 3.63) is 29.8 Å². The molecule has 2 rings (SSSR count). The second-order valence-corrected chi connectivity index (χ2v) is 4.79. The Bertz CT molecular complexity index is 592. The molecular formula is C13H13ClF4N2. The first-order valence-electron chi connectivity index (χ1n) is 6.18. The molecule has 0 saturated heterocycles. The molecular weight excluding hydrogens is 296 g/mol. The maximum atomic E-state index is 13.1. The van der Waals surface area contributed by atoms with Crippen LogP contribution in [0, 0.1) is 5.82 Å². The summed E-state index contributed by atoms with van der Waals surface area (Å²) >= 11 is 5.77. The number of hydrogen-bond acceptors (Lipinski definition) is 1. The van der Waals surface area contributed by atoms with E-state index in [1.54, 1.807) is 10.6 Å². The Morgan fingerprint density at radius 1 is 1.20 bits per heavy atom. The standard InChI is InChI=1S/C13H13ClF4N2/c14-8-12-19-10-7-9(15)3-4-11(10)20(12)6-2-1-5-13(16,17)18/h3-4,7H,1-2,5-6,8H2. The lowest BCUT2D eigenvalue weighted by Gasteiger charge is -2.09. The minimum absolute atomic E-state index is 0.0477. The Kier molecular flexibility index (Phi) is 4.52. The van der Waals surface area contributed by atoms with Gasteiger partial charge in [-0.3, -0.25) is 0 Å². The van der Waals surface area contributed by atoms with E-state index in [0.717, 1.165) is 0 Å². The van der Waals surface area contributed by atoms with Gasteiger partial charge < -0.3 is 4.57 Å². The Labute approximate surface area is 118 Å². The van der Waals surface area contributed by atoms with Gasteiger partial charge in [-0.15, -0.1) is 11.6 Å². The van der Waals surface area contributed by atoms with Gasteiger partial charge in [-0.1, -0.05) is 0 Å². The molecule has 0 atom stereocenters. The smallest absolute Gasteiger partial charge is 0.327 e. The molecule has 0 aliphatic carbocycles. The van der Waals surface area contributed by atoms with Crippen molar-refractivity contribution in [2.75, 3.05) is 0 Å². The molecule has 1 aromatic carbocycles. The van der Waals surface area contributed by atoms with Crippen molar-refractivity contribution in [3.63, 3.8) is 0 Å². The largest absolute Gasteiger partial charge is 0.389 e. The fraction of sp³-hybridized carbons (Fsp3) is 0.462. The van der Waals surface area contributed by atoms with Gasteiger partial charge in [0.1, 0.15) is 11.6 Å². The molecule has 1 aromatic heterocycles. The zero-order valence-corrected chi connectivity index (χ0v) is 11.3. The summed E-state index contributed by atoms with van der Waals surface area (Å²) in [5.74, 6) is 0.273. The van der Waals surface area contributed by atoms with E-state index >= 15 is 0 Å². The van der Waals surface area contributed by atoms with Crippen LogP contribution in [0.4, 0.5) is 17.6 Å². The number of hydrogen-bond donors (Lipinski definition) is 0. The molecule has 0 N–H and O–H groups in total. The summed E-state index contributed by atoms with van der Waals surface area (Å²) in [4.78, 5) is 4.19. The second-order valence-electron chi connectivity index (χ2n) is 4.52. The number of rotatable bonds is 5. The highest BCUT2D eigenvalue weighted by Gasteiger charge is 2.25. The minimum atomic E-state index is -4.13. The monoisotopic (exact) mass is 308 g/mol. The van der Waals surface area contributed by atoms with Crippen LogP contribution in [0.25, 0.3) is 11.0 Å². The summed E-state index contributed by atoms with van der Waals surface area (Å²) < 4.78 is 51.1. The van der Waals surface area contributed by atoms with E-state index in [4.69, 9.17) is 11.6 Å².